The van der Waals surface area contributed by atoms with Gasteiger partial charge in [0.15, 0.2) is 12.4 Å². The van der Waals surface area contributed by atoms with Crippen molar-refractivity contribution in [1.29, 1.82) is 0 Å². The summed E-state index contributed by atoms with van der Waals surface area (Å²) in [6.07, 6.45) is 13.7. The highest BCUT2D eigenvalue weighted by Crippen LogP contribution is 1.90. The van der Waals surface area contributed by atoms with Crippen LogP contribution in [0.25, 0.3) is 0 Å². The molecular formula is C13H15NO3. The summed E-state index contributed by atoms with van der Waals surface area (Å²) in [7, 11) is 0. The maximum absolute atomic E-state index is 11.3. The van der Waals surface area contributed by atoms with E-state index in [4.69, 9.17) is 4.74 Å². The van der Waals surface area contributed by atoms with Gasteiger partial charge in [-0.05, 0) is 12.2 Å². The number of ketones is 1. The molecule has 0 unspecified atom stereocenters. The molecule has 4 nitrogen and oxygen atoms in total. The van der Waals surface area contributed by atoms with E-state index < -0.39 is 0 Å². The number of nitrogens with one attached hydrogen (secondary N) is 1. The standard InChI is InChI=1S/C13H15NO3/c15-12-7-4-2-1-3-5-10-17-11-13(16)14-9-6-8-12/h1-6,8,10H,7,9,11H2,(H,14,16)/b3-1-,4-2-,8-6-,10-5-. The number of rotatable bonds is 0. The molecule has 0 aromatic heterocycles. The summed E-state index contributed by atoms with van der Waals surface area (Å²) in [6.45, 7) is 0.307. The van der Waals surface area contributed by atoms with Crippen LogP contribution in [0.4, 0.5) is 0 Å². The number of hydrogen-bond acceptors (Lipinski definition) is 3. The van der Waals surface area contributed by atoms with Crippen LogP contribution < -0.4 is 5.32 Å². The van der Waals surface area contributed by atoms with E-state index in [-0.39, 0.29) is 18.3 Å². The number of amides is 1. The molecule has 0 radical (unpaired) electrons. The number of carbonyl (C=O) groups excluding carboxylic acids is 2. The van der Waals surface area contributed by atoms with Gasteiger partial charge in [-0.15, -0.1) is 0 Å². The van der Waals surface area contributed by atoms with E-state index in [1.807, 2.05) is 0 Å². The molecule has 1 N–H and O–H groups in total. The number of hydrogen-bond donors (Lipinski definition) is 1. The molecule has 0 aromatic rings. The lowest BCUT2D eigenvalue weighted by atomic mass is 10.2. The van der Waals surface area contributed by atoms with Crippen molar-refractivity contribution in [3.63, 3.8) is 0 Å². The second-order valence-electron chi connectivity index (χ2n) is 3.33. The first-order valence-corrected chi connectivity index (χ1v) is 5.35. The zero-order valence-corrected chi connectivity index (χ0v) is 9.46. The topological polar surface area (TPSA) is 55.4 Å². The minimum absolute atomic E-state index is 0.00515. The molecule has 0 saturated carbocycles. The highest BCUT2D eigenvalue weighted by Gasteiger charge is 1.97. The van der Waals surface area contributed by atoms with Crippen LogP contribution in [0.15, 0.2) is 48.8 Å². The Labute approximate surface area is 100 Å². The molecule has 90 valence electrons. The fourth-order valence-corrected chi connectivity index (χ4v) is 1.10. The Morgan fingerprint density at radius 1 is 1.06 bits per heavy atom. The van der Waals surface area contributed by atoms with E-state index in [2.05, 4.69) is 5.32 Å². The molecule has 1 amide bonds. The maximum Gasteiger partial charge on any atom is 0.258 e. The van der Waals surface area contributed by atoms with Crippen LogP contribution in [0.2, 0.25) is 0 Å². The van der Waals surface area contributed by atoms with Crippen LogP contribution in [0.5, 0.6) is 0 Å². The van der Waals surface area contributed by atoms with Gasteiger partial charge in [0.25, 0.3) is 5.91 Å². The van der Waals surface area contributed by atoms with E-state index in [1.54, 1.807) is 36.5 Å². The summed E-state index contributed by atoms with van der Waals surface area (Å²) in [6, 6.07) is 0. The van der Waals surface area contributed by atoms with Gasteiger partial charge in [-0.25, -0.2) is 0 Å². The lowest BCUT2D eigenvalue weighted by Gasteiger charge is -2.01. The predicted molar refractivity (Wildman–Crippen MR) is 65.1 cm³/mol. The predicted octanol–water partition coefficient (Wildman–Crippen LogP) is 1.27. The lowest BCUT2D eigenvalue weighted by molar-refractivity contribution is -0.123. The van der Waals surface area contributed by atoms with Crippen molar-refractivity contribution in [3.05, 3.63) is 48.8 Å². The minimum Gasteiger partial charge on any atom is -0.491 e. The highest BCUT2D eigenvalue weighted by molar-refractivity contribution is 5.90. The van der Waals surface area contributed by atoms with Crippen molar-refractivity contribution in [1.82, 2.24) is 5.32 Å². The van der Waals surface area contributed by atoms with Crippen molar-refractivity contribution in [2.24, 2.45) is 0 Å². The summed E-state index contributed by atoms with van der Waals surface area (Å²) in [5.41, 5.74) is 0. The molecule has 4 heteroatoms. The van der Waals surface area contributed by atoms with Crippen LogP contribution in [0, 0.1) is 0 Å². The van der Waals surface area contributed by atoms with Gasteiger partial charge in [-0.2, -0.15) is 0 Å². The fraction of sp³-hybridized carbons (Fsp3) is 0.231. The van der Waals surface area contributed by atoms with E-state index in [0.29, 0.717) is 13.0 Å². The van der Waals surface area contributed by atoms with Crippen LogP contribution in [0.1, 0.15) is 6.42 Å². The average Bonchev–Trinajstić information content (AvgIpc) is 2.32. The lowest BCUT2D eigenvalue weighted by Crippen LogP contribution is -2.27. The first-order valence-electron chi connectivity index (χ1n) is 5.35. The Kier molecular flexibility index (Phi) is 6.18. The van der Waals surface area contributed by atoms with Gasteiger partial charge >= 0.3 is 0 Å². The van der Waals surface area contributed by atoms with Crippen molar-refractivity contribution >= 4 is 11.7 Å². The van der Waals surface area contributed by atoms with Crippen LogP contribution in [-0.4, -0.2) is 24.8 Å². The molecule has 0 bridgehead atoms. The van der Waals surface area contributed by atoms with Crippen LogP contribution in [0.3, 0.4) is 0 Å². The van der Waals surface area contributed by atoms with Crippen molar-refractivity contribution in [2.45, 2.75) is 6.42 Å². The normalized spacial score (nSPS) is 25.6. The zero-order valence-electron chi connectivity index (χ0n) is 9.46. The Hall–Kier alpha value is -2.10. The second kappa shape index (κ2) is 8.10. The quantitative estimate of drug-likeness (QED) is 0.685. The highest BCUT2D eigenvalue weighted by atomic mass is 16.5. The largest absolute Gasteiger partial charge is 0.491 e. The van der Waals surface area contributed by atoms with E-state index in [1.165, 1.54) is 12.3 Å². The van der Waals surface area contributed by atoms with Gasteiger partial charge in [0, 0.05) is 13.0 Å². The molecule has 0 saturated heterocycles. The van der Waals surface area contributed by atoms with E-state index in [9.17, 15) is 9.59 Å². The molecular weight excluding hydrogens is 218 g/mol. The summed E-state index contributed by atoms with van der Waals surface area (Å²) in [5, 5.41) is 2.60. The van der Waals surface area contributed by atoms with Gasteiger partial charge in [0.2, 0.25) is 0 Å². The minimum atomic E-state index is -0.219. The number of carbonyl (C=O) groups is 2. The van der Waals surface area contributed by atoms with Crippen molar-refractivity contribution in [2.75, 3.05) is 13.2 Å². The Morgan fingerprint density at radius 3 is 2.76 bits per heavy atom. The summed E-state index contributed by atoms with van der Waals surface area (Å²) < 4.78 is 4.98. The molecule has 1 aliphatic rings. The third-order valence-corrected chi connectivity index (χ3v) is 1.90. The van der Waals surface area contributed by atoms with Gasteiger partial charge in [0.1, 0.15) is 0 Å². The molecule has 17 heavy (non-hydrogen) atoms. The van der Waals surface area contributed by atoms with Crippen LogP contribution >= 0.6 is 0 Å². The Balaban J connectivity index is 2.56. The number of allylic oxidation sites excluding steroid dienone is 6. The van der Waals surface area contributed by atoms with Gasteiger partial charge in [-0.1, -0.05) is 30.4 Å². The Morgan fingerprint density at radius 2 is 1.88 bits per heavy atom. The third kappa shape index (κ3) is 6.89. The summed E-state index contributed by atoms with van der Waals surface area (Å²) >= 11 is 0. The summed E-state index contributed by atoms with van der Waals surface area (Å²) in [4.78, 5) is 22.5. The monoisotopic (exact) mass is 233 g/mol. The first-order chi connectivity index (χ1) is 8.29. The van der Waals surface area contributed by atoms with Crippen LogP contribution in [-0.2, 0) is 14.3 Å². The first kappa shape index (κ1) is 13.0. The zero-order chi connectivity index (χ0) is 12.3. The van der Waals surface area contributed by atoms with E-state index in [0.717, 1.165) is 0 Å². The smallest absolute Gasteiger partial charge is 0.258 e. The van der Waals surface area contributed by atoms with E-state index >= 15 is 0 Å². The molecule has 0 atom stereocenters. The molecule has 1 heterocycles. The van der Waals surface area contributed by atoms with Crippen molar-refractivity contribution in [3.8, 4) is 0 Å². The average molecular weight is 233 g/mol. The molecule has 0 fully saturated rings. The summed E-state index contributed by atoms with van der Waals surface area (Å²) in [5.74, 6) is -0.214. The van der Waals surface area contributed by atoms with Gasteiger partial charge < -0.3 is 10.1 Å². The van der Waals surface area contributed by atoms with Crippen molar-refractivity contribution < 1.29 is 14.3 Å². The SMILES string of the molecule is O=C1/C=C\CNC(=O)CO\C=C/C=C\C=C/C1. The fourth-order valence-electron chi connectivity index (χ4n) is 1.10. The Bertz CT molecular complexity index is 378. The van der Waals surface area contributed by atoms with Gasteiger partial charge in [-0.3, -0.25) is 9.59 Å². The third-order valence-electron chi connectivity index (χ3n) is 1.90. The second-order valence-corrected chi connectivity index (χ2v) is 3.33. The number of ether oxygens (including phenoxy) is 1. The van der Waals surface area contributed by atoms with Gasteiger partial charge in [0.05, 0.1) is 6.26 Å². The molecule has 0 spiro atoms. The molecule has 0 aliphatic carbocycles. The molecule has 1 aliphatic heterocycles. The molecule has 0 aromatic carbocycles. The molecule has 1 rings (SSSR count). The maximum atomic E-state index is 11.3.